The average molecular weight is 408 g/mol. The Morgan fingerprint density at radius 1 is 1.07 bits per heavy atom. The number of nitrogens with zero attached hydrogens (tertiary/aromatic N) is 2. The predicted molar refractivity (Wildman–Crippen MR) is 122 cm³/mol. The first-order valence-corrected chi connectivity index (χ1v) is 11.2. The van der Waals surface area contributed by atoms with Gasteiger partial charge in [-0.25, -0.2) is 0 Å². The Hall–Kier alpha value is -2.53. The minimum atomic E-state index is -0.142. The standard InChI is InChI=1S/C25H33N3O2/c1-19(2)21-5-3-8-24(15-21)30-18-25(29)26-22-6-4-7-23(16-22)28-13-11-27(12-14-28)17-20-9-10-20/h3-8,15-16,19-20H,9-14,17-18H2,1-2H3,(H,26,29). The van der Waals surface area contributed by atoms with Gasteiger partial charge in [0.25, 0.3) is 5.91 Å². The third kappa shape index (κ3) is 5.76. The van der Waals surface area contributed by atoms with E-state index < -0.39 is 0 Å². The molecule has 2 aromatic carbocycles. The number of ether oxygens (including phenoxy) is 1. The van der Waals surface area contributed by atoms with E-state index in [1.54, 1.807) is 0 Å². The lowest BCUT2D eigenvalue weighted by Gasteiger charge is -2.36. The quantitative estimate of drug-likeness (QED) is 0.706. The summed E-state index contributed by atoms with van der Waals surface area (Å²) < 4.78 is 5.70. The highest BCUT2D eigenvalue weighted by molar-refractivity contribution is 5.92. The van der Waals surface area contributed by atoms with Crippen molar-refractivity contribution in [1.29, 1.82) is 0 Å². The summed E-state index contributed by atoms with van der Waals surface area (Å²) >= 11 is 0. The first-order chi connectivity index (χ1) is 14.6. The van der Waals surface area contributed by atoms with Crippen molar-refractivity contribution in [3.05, 3.63) is 54.1 Å². The van der Waals surface area contributed by atoms with Crippen molar-refractivity contribution in [3.8, 4) is 5.75 Å². The summed E-state index contributed by atoms with van der Waals surface area (Å²) in [6.07, 6.45) is 2.82. The zero-order valence-corrected chi connectivity index (χ0v) is 18.1. The first kappa shape index (κ1) is 20.7. The van der Waals surface area contributed by atoms with Gasteiger partial charge in [0.2, 0.25) is 0 Å². The van der Waals surface area contributed by atoms with Gasteiger partial charge in [-0.15, -0.1) is 0 Å². The zero-order chi connectivity index (χ0) is 20.9. The molecule has 0 atom stereocenters. The second-order valence-corrected chi connectivity index (χ2v) is 8.85. The van der Waals surface area contributed by atoms with Gasteiger partial charge >= 0.3 is 0 Å². The molecule has 1 heterocycles. The summed E-state index contributed by atoms with van der Waals surface area (Å²) in [4.78, 5) is 17.4. The Balaban J connectivity index is 1.27. The summed E-state index contributed by atoms with van der Waals surface area (Å²) in [6, 6.07) is 16.1. The van der Waals surface area contributed by atoms with Gasteiger partial charge in [-0.2, -0.15) is 0 Å². The van der Waals surface area contributed by atoms with E-state index in [1.165, 1.54) is 30.6 Å². The van der Waals surface area contributed by atoms with Crippen LogP contribution in [-0.4, -0.2) is 50.1 Å². The number of amides is 1. The van der Waals surface area contributed by atoms with Gasteiger partial charge in [-0.05, 0) is 60.6 Å². The van der Waals surface area contributed by atoms with Crippen LogP contribution in [0.15, 0.2) is 48.5 Å². The molecule has 2 aliphatic rings. The maximum Gasteiger partial charge on any atom is 0.262 e. The molecule has 4 rings (SSSR count). The van der Waals surface area contributed by atoms with Crippen LogP contribution < -0.4 is 15.0 Å². The lowest BCUT2D eigenvalue weighted by atomic mass is 10.0. The number of hydrogen-bond acceptors (Lipinski definition) is 4. The predicted octanol–water partition coefficient (Wildman–Crippen LogP) is 4.36. The SMILES string of the molecule is CC(C)c1cccc(OCC(=O)Nc2cccc(N3CCN(CC4CC4)CC3)c2)c1. The van der Waals surface area contributed by atoms with Gasteiger partial charge in [0, 0.05) is 44.1 Å². The second-order valence-electron chi connectivity index (χ2n) is 8.85. The maximum absolute atomic E-state index is 12.4. The molecule has 30 heavy (non-hydrogen) atoms. The molecule has 1 N–H and O–H groups in total. The van der Waals surface area contributed by atoms with Gasteiger partial charge in [-0.3, -0.25) is 9.69 Å². The molecule has 1 aliphatic carbocycles. The average Bonchev–Trinajstić information content (AvgIpc) is 3.57. The highest BCUT2D eigenvalue weighted by atomic mass is 16.5. The maximum atomic E-state index is 12.4. The molecule has 1 saturated heterocycles. The lowest BCUT2D eigenvalue weighted by Crippen LogP contribution is -2.47. The molecule has 2 aromatic rings. The summed E-state index contributed by atoms with van der Waals surface area (Å²) in [5.74, 6) is 1.97. The van der Waals surface area contributed by atoms with Crippen LogP contribution in [0.25, 0.3) is 0 Å². The van der Waals surface area contributed by atoms with Crippen LogP contribution in [0.4, 0.5) is 11.4 Å². The molecule has 5 nitrogen and oxygen atoms in total. The van der Waals surface area contributed by atoms with Crippen molar-refractivity contribution in [2.45, 2.75) is 32.6 Å². The number of carbonyl (C=O) groups is 1. The van der Waals surface area contributed by atoms with E-state index in [1.807, 2.05) is 30.3 Å². The Bertz CT molecular complexity index is 855. The Kier molecular flexibility index (Phi) is 6.58. The van der Waals surface area contributed by atoms with Gasteiger partial charge in [0.15, 0.2) is 6.61 Å². The molecule has 160 valence electrons. The van der Waals surface area contributed by atoms with Crippen molar-refractivity contribution in [1.82, 2.24) is 4.90 Å². The Morgan fingerprint density at radius 2 is 1.83 bits per heavy atom. The monoisotopic (exact) mass is 407 g/mol. The number of hydrogen-bond donors (Lipinski definition) is 1. The number of rotatable bonds is 8. The molecule has 5 heteroatoms. The fraction of sp³-hybridized carbons (Fsp3) is 0.480. The van der Waals surface area contributed by atoms with E-state index in [-0.39, 0.29) is 12.5 Å². The smallest absolute Gasteiger partial charge is 0.262 e. The summed E-state index contributed by atoms with van der Waals surface area (Å²) in [6.45, 7) is 9.89. The van der Waals surface area contributed by atoms with E-state index in [0.717, 1.165) is 43.5 Å². The molecule has 0 radical (unpaired) electrons. The zero-order valence-electron chi connectivity index (χ0n) is 18.1. The summed E-state index contributed by atoms with van der Waals surface area (Å²) in [5, 5.41) is 2.97. The van der Waals surface area contributed by atoms with E-state index in [2.05, 4.69) is 47.2 Å². The topological polar surface area (TPSA) is 44.8 Å². The molecular weight excluding hydrogens is 374 g/mol. The van der Waals surface area contributed by atoms with Crippen LogP contribution in [0.3, 0.4) is 0 Å². The largest absolute Gasteiger partial charge is 0.484 e. The number of anilines is 2. The number of piperazine rings is 1. The Morgan fingerprint density at radius 3 is 2.57 bits per heavy atom. The van der Waals surface area contributed by atoms with Crippen molar-refractivity contribution in [2.75, 3.05) is 49.5 Å². The van der Waals surface area contributed by atoms with E-state index in [4.69, 9.17) is 4.74 Å². The van der Waals surface area contributed by atoms with Crippen LogP contribution in [0.2, 0.25) is 0 Å². The van der Waals surface area contributed by atoms with E-state index in [9.17, 15) is 4.79 Å². The van der Waals surface area contributed by atoms with Gasteiger partial charge in [0.1, 0.15) is 5.75 Å². The third-order valence-corrected chi connectivity index (χ3v) is 5.98. The highest BCUT2D eigenvalue weighted by Gasteiger charge is 2.26. The van der Waals surface area contributed by atoms with Crippen LogP contribution in [-0.2, 0) is 4.79 Å². The van der Waals surface area contributed by atoms with Crippen molar-refractivity contribution >= 4 is 17.3 Å². The fourth-order valence-electron chi connectivity index (χ4n) is 3.94. The minimum absolute atomic E-state index is 0.00557. The number of benzene rings is 2. The van der Waals surface area contributed by atoms with Crippen LogP contribution in [0.1, 0.15) is 38.2 Å². The second kappa shape index (κ2) is 9.52. The fourth-order valence-corrected chi connectivity index (χ4v) is 3.94. The highest BCUT2D eigenvalue weighted by Crippen LogP contribution is 2.30. The molecule has 1 aliphatic heterocycles. The molecule has 0 bridgehead atoms. The third-order valence-electron chi connectivity index (χ3n) is 5.98. The molecule has 0 spiro atoms. The van der Waals surface area contributed by atoms with Crippen molar-refractivity contribution < 1.29 is 9.53 Å². The first-order valence-electron chi connectivity index (χ1n) is 11.2. The molecule has 2 fully saturated rings. The van der Waals surface area contributed by atoms with E-state index in [0.29, 0.717) is 5.92 Å². The van der Waals surface area contributed by atoms with Gasteiger partial charge < -0.3 is 15.0 Å². The number of carbonyl (C=O) groups excluding carboxylic acids is 1. The summed E-state index contributed by atoms with van der Waals surface area (Å²) in [7, 11) is 0. The van der Waals surface area contributed by atoms with Gasteiger partial charge in [0.05, 0.1) is 0 Å². The normalized spacial score (nSPS) is 17.2. The molecule has 1 amide bonds. The number of nitrogens with one attached hydrogen (secondary N) is 1. The molecule has 0 aromatic heterocycles. The van der Waals surface area contributed by atoms with Crippen molar-refractivity contribution in [3.63, 3.8) is 0 Å². The van der Waals surface area contributed by atoms with E-state index >= 15 is 0 Å². The molecule has 1 saturated carbocycles. The van der Waals surface area contributed by atoms with Crippen LogP contribution in [0, 0.1) is 5.92 Å². The van der Waals surface area contributed by atoms with Crippen molar-refractivity contribution in [2.24, 2.45) is 5.92 Å². The molecule has 0 unspecified atom stereocenters. The molecular formula is C25H33N3O2. The van der Waals surface area contributed by atoms with Gasteiger partial charge in [-0.1, -0.05) is 32.0 Å². The minimum Gasteiger partial charge on any atom is -0.484 e. The van der Waals surface area contributed by atoms with Crippen LogP contribution >= 0.6 is 0 Å². The lowest BCUT2D eigenvalue weighted by molar-refractivity contribution is -0.118. The Labute approximate surface area is 180 Å². The van der Waals surface area contributed by atoms with Crippen LogP contribution in [0.5, 0.6) is 5.75 Å². The summed E-state index contributed by atoms with van der Waals surface area (Å²) in [5.41, 5.74) is 3.19.